The lowest BCUT2D eigenvalue weighted by molar-refractivity contribution is -0.0925. The summed E-state index contributed by atoms with van der Waals surface area (Å²) in [6, 6.07) is 10.2. The second kappa shape index (κ2) is 5.39. The van der Waals surface area contributed by atoms with Gasteiger partial charge in [0.1, 0.15) is 0 Å². The molecule has 0 radical (unpaired) electrons. The average molecular weight is 249 g/mol. The van der Waals surface area contributed by atoms with E-state index in [0.29, 0.717) is 12.6 Å². The molecule has 1 fully saturated rings. The third-order valence-electron chi connectivity index (χ3n) is 4.21. The number of likely N-dealkylation sites (tertiary alicyclic amines) is 1. The van der Waals surface area contributed by atoms with Gasteiger partial charge in [0.25, 0.3) is 0 Å². The number of hydrogen-bond acceptors (Lipinski definition) is 3. The SMILES string of the molecule is CC1CC(O)(c2ccccc2)C(C)CN1CCO. The van der Waals surface area contributed by atoms with Crippen molar-refractivity contribution in [3.63, 3.8) is 0 Å². The highest BCUT2D eigenvalue weighted by atomic mass is 16.3. The zero-order valence-electron chi connectivity index (χ0n) is 11.2. The largest absolute Gasteiger partial charge is 0.395 e. The van der Waals surface area contributed by atoms with Crippen molar-refractivity contribution in [3.05, 3.63) is 35.9 Å². The Morgan fingerprint density at radius 2 is 1.94 bits per heavy atom. The van der Waals surface area contributed by atoms with E-state index in [2.05, 4.69) is 18.7 Å². The molecule has 0 spiro atoms. The van der Waals surface area contributed by atoms with Gasteiger partial charge in [-0.25, -0.2) is 0 Å². The first-order chi connectivity index (χ1) is 8.58. The molecule has 3 unspecified atom stereocenters. The summed E-state index contributed by atoms with van der Waals surface area (Å²) in [5.74, 6) is 0.169. The summed E-state index contributed by atoms with van der Waals surface area (Å²) in [6.07, 6.45) is 0.720. The van der Waals surface area contributed by atoms with Gasteiger partial charge in [0.05, 0.1) is 12.2 Å². The van der Waals surface area contributed by atoms with Crippen LogP contribution in [-0.4, -0.2) is 40.9 Å². The summed E-state index contributed by atoms with van der Waals surface area (Å²) in [4.78, 5) is 2.25. The fourth-order valence-corrected chi connectivity index (χ4v) is 3.03. The van der Waals surface area contributed by atoms with E-state index >= 15 is 0 Å². The Morgan fingerprint density at radius 3 is 2.56 bits per heavy atom. The molecule has 2 rings (SSSR count). The van der Waals surface area contributed by atoms with E-state index in [9.17, 15) is 5.11 Å². The Kier molecular flexibility index (Phi) is 4.05. The molecule has 1 heterocycles. The van der Waals surface area contributed by atoms with Gasteiger partial charge in [0, 0.05) is 25.0 Å². The van der Waals surface area contributed by atoms with Gasteiger partial charge in [-0.2, -0.15) is 0 Å². The maximum absolute atomic E-state index is 11.0. The second-order valence-electron chi connectivity index (χ2n) is 5.46. The molecule has 0 saturated carbocycles. The van der Waals surface area contributed by atoms with Crippen LogP contribution in [0.25, 0.3) is 0 Å². The Balaban J connectivity index is 2.20. The maximum atomic E-state index is 11.0. The number of benzene rings is 1. The highest BCUT2D eigenvalue weighted by molar-refractivity contribution is 5.24. The minimum Gasteiger partial charge on any atom is -0.395 e. The lowest BCUT2D eigenvalue weighted by Gasteiger charge is -2.47. The first-order valence-electron chi connectivity index (χ1n) is 6.70. The molecule has 1 aliphatic rings. The molecule has 100 valence electrons. The predicted molar refractivity (Wildman–Crippen MR) is 72.2 cm³/mol. The van der Waals surface area contributed by atoms with Crippen LogP contribution in [0.15, 0.2) is 30.3 Å². The molecule has 18 heavy (non-hydrogen) atoms. The smallest absolute Gasteiger partial charge is 0.0948 e. The van der Waals surface area contributed by atoms with Crippen LogP contribution < -0.4 is 0 Å². The predicted octanol–water partition coefficient (Wildman–Crippen LogP) is 1.60. The molecule has 1 aromatic rings. The van der Waals surface area contributed by atoms with Crippen molar-refractivity contribution in [2.24, 2.45) is 5.92 Å². The van der Waals surface area contributed by atoms with E-state index in [4.69, 9.17) is 5.11 Å². The van der Waals surface area contributed by atoms with Crippen molar-refractivity contribution in [1.82, 2.24) is 4.90 Å². The topological polar surface area (TPSA) is 43.7 Å². The molecule has 1 saturated heterocycles. The number of hydrogen-bond donors (Lipinski definition) is 2. The van der Waals surface area contributed by atoms with Crippen molar-refractivity contribution in [3.8, 4) is 0 Å². The molecule has 0 amide bonds. The molecule has 0 aliphatic carbocycles. The average Bonchev–Trinajstić information content (AvgIpc) is 2.37. The van der Waals surface area contributed by atoms with Crippen molar-refractivity contribution in [1.29, 1.82) is 0 Å². The summed E-state index contributed by atoms with van der Waals surface area (Å²) in [6.45, 7) is 5.91. The van der Waals surface area contributed by atoms with Crippen LogP contribution in [-0.2, 0) is 5.60 Å². The van der Waals surface area contributed by atoms with Crippen LogP contribution in [0.5, 0.6) is 0 Å². The zero-order chi connectivity index (χ0) is 13.2. The molecular weight excluding hydrogens is 226 g/mol. The minimum atomic E-state index is -0.743. The first-order valence-corrected chi connectivity index (χ1v) is 6.70. The number of nitrogens with zero attached hydrogens (tertiary/aromatic N) is 1. The van der Waals surface area contributed by atoms with Gasteiger partial charge in [-0.3, -0.25) is 4.90 Å². The molecular formula is C15H23NO2. The first kappa shape index (κ1) is 13.5. The molecule has 3 heteroatoms. The lowest BCUT2D eigenvalue weighted by atomic mass is 9.74. The fraction of sp³-hybridized carbons (Fsp3) is 0.600. The van der Waals surface area contributed by atoms with Crippen molar-refractivity contribution in [2.45, 2.75) is 31.9 Å². The van der Waals surface area contributed by atoms with E-state index in [1.165, 1.54) is 0 Å². The molecule has 3 atom stereocenters. The highest BCUT2D eigenvalue weighted by Gasteiger charge is 2.42. The normalized spacial score (nSPS) is 33.6. The molecule has 1 aromatic carbocycles. The molecule has 3 nitrogen and oxygen atoms in total. The van der Waals surface area contributed by atoms with Gasteiger partial charge in [-0.15, -0.1) is 0 Å². The summed E-state index contributed by atoms with van der Waals surface area (Å²) in [5.41, 5.74) is 0.264. The molecule has 1 aliphatic heterocycles. The molecule has 0 bridgehead atoms. The van der Waals surface area contributed by atoms with E-state index in [0.717, 1.165) is 18.5 Å². The number of piperidine rings is 1. The number of aliphatic hydroxyl groups is 2. The second-order valence-corrected chi connectivity index (χ2v) is 5.46. The van der Waals surface area contributed by atoms with Crippen LogP contribution in [0.1, 0.15) is 25.8 Å². The molecule has 0 aromatic heterocycles. The Bertz CT molecular complexity index is 381. The Hall–Kier alpha value is -0.900. The summed E-state index contributed by atoms with van der Waals surface area (Å²) in [7, 11) is 0. The number of β-amino-alcohol motifs (C(OH)–C–C–N with tert-alkyl or cyclic N) is 1. The van der Waals surface area contributed by atoms with E-state index < -0.39 is 5.60 Å². The minimum absolute atomic E-state index is 0.169. The van der Waals surface area contributed by atoms with Gasteiger partial charge in [-0.05, 0) is 18.9 Å². The summed E-state index contributed by atoms with van der Waals surface area (Å²) < 4.78 is 0. The zero-order valence-corrected chi connectivity index (χ0v) is 11.2. The maximum Gasteiger partial charge on any atom is 0.0948 e. The number of aliphatic hydroxyl groups excluding tert-OH is 1. The van der Waals surface area contributed by atoms with Gasteiger partial charge >= 0.3 is 0 Å². The van der Waals surface area contributed by atoms with E-state index in [1.54, 1.807) is 0 Å². The highest BCUT2D eigenvalue weighted by Crippen LogP contribution is 2.39. The van der Waals surface area contributed by atoms with Crippen LogP contribution in [0.3, 0.4) is 0 Å². The Labute approximate surface area is 109 Å². The standard InChI is InChI=1S/C15H23NO2/c1-12-11-16(8-9-17)13(2)10-15(12,18)14-6-4-3-5-7-14/h3-7,12-13,17-18H,8-11H2,1-2H3. The third-order valence-corrected chi connectivity index (χ3v) is 4.21. The van der Waals surface area contributed by atoms with E-state index in [-0.39, 0.29) is 12.5 Å². The number of rotatable bonds is 3. The lowest BCUT2D eigenvalue weighted by Crippen LogP contribution is -2.53. The van der Waals surface area contributed by atoms with Crippen LogP contribution in [0, 0.1) is 5.92 Å². The van der Waals surface area contributed by atoms with Crippen LogP contribution in [0.2, 0.25) is 0 Å². The quantitative estimate of drug-likeness (QED) is 0.855. The molecule has 2 N–H and O–H groups in total. The van der Waals surface area contributed by atoms with Crippen molar-refractivity contribution in [2.75, 3.05) is 19.7 Å². The van der Waals surface area contributed by atoms with Gasteiger partial charge in [-0.1, -0.05) is 37.3 Å². The van der Waals surface area contributed by atoms with Gasteiger partial charge < -0.3 is 10.2 Å². The summed E-state index contributed by atoms with van der Waals surface area (Å²) in [5, 5.41) is 20.0. The van der Waals surface area contributed by atoms with Crippen LogP contribution >= 0.6 is 0 Å². The van der Waals surface area contributed by atoms with Crippen LogP contribution in [0.4, 0.5) is 0 Å². The van der Waals surface area contributed by atoms with Gasteiger partial charge in [0.2, 0.25) is 0 Å². The monoisotopic (exact) mass is 249 g/mol. The fourth-order valence-electron chi connectivity index (χ4n) is 3.03. The third kappa shape index (κ3) is 2.44. The Morgan fingerprint density at radius 1 is 1.28 bits per heavy atom. The van der Waals surface area contributed by atoms with Crippen molar-refractivity contribution >= 4 is 0 Å². The van der Waals surface area contributed by atoms with E-state index in [1.807, 2.05) is 30.3 Å². The summed E-state index contributed by atoms with van der Waals surface area (Å²) >= 11 is 0. The van der Waals surface area contributed by atoms with Gasteiger partial charge in [0.15, 0.2) is 0 Å². The van der Waals surface area contributed by atoms with Crippen molar-refractivity contribution < 1.29 is 10.2 Å².